The van der Waals surface area contributed by atoms with Crippen LogP contribution in [0.3, 0.4) is 0 Å². The molecule has 0 saturated carbocycles. The highest BCUT2D eigenvalue weighted by Gasteiger charge is 1.94. The summed E-state index contributed by atoms with van der Waals surface area (Å²) in [6.07, 6.45) is 4.76. The lowest BCUT2D eigenvalue weighted by Gasteiger charge is -2.05. The SMILES string of the molecule is Ic1ccc(CNCCc2cccnc2)cc1. The van der Waals surface area contributed by atoms with E-state index in [9.17, 15) is 0 Å². The molecule has 0 bridgehead atoms. The van der Waals surface area contributed by atoms with Crippen molar-refractivity contribution in [2.45, 2.75) is 13.0 Å². The van der Waals surface area contributed by atoms with Crippen LogP contribution >= 0.6 is 22.6 Å². The van der Waals surface area contributed by atoms with E-state index in [0.717, 1.165) is 19.5 Å². The minimum Gasteiger partial charge on any atom is -0.312 e. The van der Waals surface area contributed by atoms with E-state index in [1.165, 1.54) is 14.7 Å². The molecule has 2 nitrogen and oxygen atoms in total. The van der Waals surface area contributed by atoms with Crippen molar-refractivity contribution < 1.29 is 0 Å². The fourth-order valence-corrected chi connectivity index (χ4v) is 1.97. The normalized spacial score (nSPS) is 10.4. The van der Waals surface area contributed by atoms with Crippen molar-refractivity contribution >= 4 is 22.6 Å². The maximum atomic E-state index is 4.10. The lowest BCUT2D eigenvalue weighted by atomic mass is 10.2. The summed E-state index contributed by atoms with van der Waals surface area (Å²) in [6, 6.07) is 12.7. The predicted octanol–water partition coefficient (Wildman–Crippen LogP) is 3.02. The van der Waals surface area contributed by atoms with Crippen molar-refractivity contribution in [2.75, 3.05) is 6.54 Å². The summed E-state index contributed by atoms with van der Waals surface area (Å²) < 4.78 is 1.28. The maximum absolute atomic E-state index is 4.10. The van der Waals surface area contributed by atoms with Gasteiger partial charge in [0, 0.05) is 22.5 Å². The molecule has 0 aliphatic carbocycles. The molecule has 1 aromatic carbocycles. The van der Waals surface area contributed by atoms with E-state index >= 15 is 0 Å². The molecular weight excluding hydrogens is 323 g/mol. The van der Waals surface area contributed by atoms with Gasteiger partial charge in [-0.1, -0.05) is 18.2 Å². The summed E-state index contributed by atoms with van der Waals surface area (Å²) in [5.41, 5.74) is 2.61. The summed E-state index contributed by atoms with van der Waals surface area (Å²) in [7, 11) is 0. The molecule has 88 valence electrons. The van der Waals surface area contributed by atoms with Gasteiger partial charge in [-0.15, -0.1) is 0 Å². The van der Waals surface area contributed by atoms with Gasteiger partial charge in [0.05, 0.1) is 0 Å². The Bertz CT molecular complexity index is 440. The van der Waals surface area contributed by atoms with Gasteiger partial charge in [-0.3, -0.25) is 4.98 Å². The number of aromatic nitrogens is 1. The molecular formula is C14H15IN2. The molecule has 0 spiro atoms. The van der Waals surface area contributed by atoms with Crippen LogP contribution in [0.15, 0.2) is 48.8 Å². The molecule has 1 heterocycles. The van der Waals surface area contributed by atoms with E-state index in [1.54, 1.807) is 0 Å². The first-order valence-electron chi connectivity index (χ1n) is 5.68. The van der Waals surface area contributed by atoms with Crippen LogP contribution in [-0.2, 0) is 13.0 Å². The number of halogens is 1. The second kappa shape index (κ2) is 6.71. The molecule has 0 aliphatic heterocycles. The molecule has 17 heavy (non-hydrogen) atoms. The average molecular weight is 338 g/mol. The number of nitrogens with one attached hydrogen (secondary N) is 1. The van der Waals surface area contributed by atoms with Crippen LogP contribution < -0.4 is 5.32 Å². The number of hydrogen-bond donors (Lipinski definition) is 1. The molecule has 0 fully saturated rings. The van der Waals surface area contributed by atoms with Gasteiger partial charge in [0.2, 0.25) is 0 Å². The van der Waals surface area contributed by atoms with Gasteiger partial charge in [-0.25, -0.2) is 0 Å². The summed E-state index contributed by atoms with van der Waals surface area (Å²) in [4.78, 5) is 4.10. The molecule has 2 aromatic rings. The molecule has 0 saturated heterocycles. The standard InChI is InChI=1S/C14H15IN2/c15-14-5-3-13(4-6-14)11-17-9-7-12-2-1-8-16-10-12/h1-6,8,10,17H,7,9,11H2. The molecule has 3 heteroatoms. The van der Waals surface area contributed by atoms with Gasteiger partial charge >= 0.3 is 0 Å². The van der Waals surface area contributed by atoms with Crippen molar-refractivity contribution in [2.24, 2.45) is 0 Å². The molecule has 1 N–H and O–H groups in total. The molecule has 0 atom stereocenters. The van der Waals surface area contributed by atoms with Crippen molar-refractivity contribution in [3.05, 3.63) is 63.5 Å². The van der Waals surface area contributed by atoms with Crippen LogP contribution in [0.2, 0.25) is 0 Å². The first-order valence-corrected chi connectivity index (χ1v) is 6.76. The van der Waals surface area contributed by atoms with E-state index in [2.05, 4.69) is 63.2 Å². The predicted molar refractivity (Wildman–Crippen MR) is 78.8 cm³/mol. The van der Waals surface area contributed by atoms with E-state index in [4.69, 9.17) is 0 Å². The Hall–Kier alpha value is -0.940. The zero-order chi connectivity index (χ0) is 11.9. The third-order valence-corrected chi connectivity index (χ3v) is 3.27. The third kappa shape index (κ3) is 4.44. The molecule has 0 amide bonds. The Kier molecular flexibility index (Phi) is 4.94. The van der Waals surface area contributed by atoms with Crippen LogP contribution in [0, 0.1) is 3.57 Å². The zero-order valence-corrected chi connectivity index (χ0v) is 11.7. The molecule has 1 aromatic heterocycles. The highest BCUT2D eigenvalue weighted by Crippen LogP contribution is 2.06. The molecule has 0 unspecified atom stereocenters. The van der Waals surface area contributed by atoms with Crippen LogP contribution in [-0.4, -0.2) is 11.5 Å². The topological polar surface area (TPSA) is 24.9 Å². The van der Waals surface area contributed by atoms with Gasteiger partial charge in [0.1, 0.15) is 0 Å². The van der Waals surface area contributed by atoms with E-state index in [-0.39, 0.29) is 0 Å². The monoisotopic (exact) mass is 338 g/mol. The van der Waals surface area contributed by atoms with Crippen molar-refractivity contribution in [3.63, 3.8) is 0 Å². The summed E-state index contributed by atoms with van der Waals surface area (Å²) >= 11 is 2.32. The Balaban J connectivity index is 1.71. The number of rotatable bonds is 5. The quantitative estimate of drug-likeness (QED) is 0.670. The maximum Gasteiger partial charge on any atom is 0.0300 e. The largest absolute Gasteiger partial charge is 0.312 e. The van der Waals surface area contributed by atoms with Crippen LogP contribution in [0.25, 0.3) is 0 Å². The van der Waals surface area contributed by atoms with Crippen molar-refractivity contribution in [1.82, 2.24) is 10.3 Å². The number of pyridine rings is 1. The van der Waals surface area contributed by atoms with Gasteiger partial charge < -0.3 is 5.32 Å². The van der Waals surface area contributed by atoms with Gasteiger partial charge in [0.25, 0.3) is 0 Å². The Morgan fingerprint density at radius 1 is 1.06 bits per heavy atom. The van der Waals surface area contributed by atoms with Crippen LogP contribution in [0.1, 0.15) is 11.1 Å². The summed E-state index contributed by atoms with van der Waals surface area (Å²) in [5.74, 6) is 0. The molecule has 0 radical (unpaired) electrons. The smallest absolute Gasteiger partial charge is 0.0300 e. The fourth-order valence-electron chi connectivity index (χ4n) is 1.61. The minimum absolute atomic E-state index is 0.928. The molecule has 0 aliphatic rings. The lowest BCUT2D eigenvalue weighted by Crippen LogP contribution is -2.16. The third-order valence-electron chi connectivity index (χ3n) is 2.56. The van der Waals surface area contributed by atoms with Crippen molar-refractivity contribution in [1.29, 1.82) is 0 Å². The Labute approximate surface area is 116 Å². The zero-order valence-electron chi connectivity index (χ0n) is 9.57. The first kappa shape index (κ1) is 12.5. The second-order valence-corrected chi connectivity index (χ2v) is 5.16. The Morgan fingerprint density at radius 3 is 2.59 bits per heavy atom. The summed E-state index contributed by atoms with van der Waals surface area (Å²) in [5, 5.41) is 3.44. The lowest BCUT2D eigenvalue weighted by molar-refractivity contribution is 0.686. The van der Waals surface area contributed by atoms with E-state index in [0.29, 0.717) is 0 Å². The summed E-state index contributed by atoms with van der Waals surface area (Å²) in [6.45, 7) is 1.91. The van der Waals surface area contributed by atoms with Crippen LogP contribution in [0.4, 0.5) is 0 Å². The Morgan fingerprint density at radius 2 is 1.88 bits per heavy atom. The average Bonchev–Trinajstić information content (AvgIpc) is 2.38. The van der Waals surface area contributed by atoms with Crippen LogP contribution in [0.5, 0.6) is 0 Å². The number of hydrogen-bond acceptors (Lipinski definition) is 2. The van der Waals surface area contributed by atoms with Gasteiger partial charge in [0.15, 0.2) is 0 Å². The number of benzene rings is 1. The first-order chi connectivity index (χ1) is 8.34. The fraction of sp³-hybridized carbons (Fsp3) is 0.214. The second-order valence-electron chi connectivity index (χ2n) is 3.91. The minimum atomic E-state index is 0.928. The van der Waals surface area contributed by atoms with Crippen molar-refractivity contribution in [3.8, 4) is 0 Å². The number of nitrogens with zero attached hydrogens (tertiary/aromatic N) is 1. The highest BCUT2D eigenvalue weighted by molar-refractivity contribution is 14.1. The highest BCUT2D eigenvalue weighted by atomic mass is 127. The van der Waals surface area contributed by atoms with Gasteiger partial charge in [-0.2, -0.15) is 0 Å². The van der Waals surface area contributed by atoms with E-state index in [1.807, 2.05) is 18.5 Å². The van der Waals surface area contributed by atoms with E-state index < -0.39 is 0 Å². The molecule has 2 rings (SSSR count). The van der Waals surface area contributed by atoms with Gasteiger partial charge in [-0.05, 0) is 64.9 Å².